The zero-order valence-electron chi connectivity index (χ0n) is 20.4. The lowest BCUT2D eigenvalue weighted by molar-refractivity contribution is -0.121. The van der Waals surface area contributed by atoms with Crippen molar-refractivity contribution in [3.05, 3.63) is 85.6 Å². The Morgan fingerprint density at radius 2 is 1.82 bits per heavy atom. The van der Waals surface area contributed by atoms with Crippen molar-refractivity contribution in [3.63, 3.8) is 0 Å². The topological polar surface area (TPSA) is 101 Å². The highest BCUT2D eigenvalue weighted by molar-refractivity contribution is 5.84. The summed E-state index contributed by atoms with van der Waals surface area (Å²) in [6.45, 7) is 9.82. The van der Waals surface area contributed by atoms with E-state index < -0.39 is 11.5 Å². The van der Waals surface area contributed by atoms with Crippen LogP contribution in [0.2, 0.25) is 0 Å². The predicted octanol–water partition coefficient (Wildman–Crippen LogP) is 3.35. The first-order valence-corrected chi connectivity index (χ1v) is 10.9. The quantitative estimate of drug-likeness (QED) is 0.432. The molecule has 0 aliphatic heterocycles. The smallest absolute Gasteiger partial charge is 0.269 e. The second-order valence-corrected chi connectivity index (χ2v) is 8.32. The minimum Gasteiger partial charge on any atom is -0.380 e. The number of carbonyl (C=O) groups excluding carboxylic acids is 1. The van der Waals surface area contributed by atoms with Crippen molar-refractivity contribution < 1.29 is 9.53 Å². The van der Waals surface area contributed by atoms with E-state index in [1.807, 2.05) is 32.0 Å². The third-order valence-corrected chi connectivity index (χ3v) is 5.83. The van der Waals surface area contributed by atoms with Crippen LogP contribution in [-0.2, 0) is 22.7 Å². The molecule has 2 heterocycles. The molecular formula is C26H29N5O3. The molecule has 8 heteroatoms. The fraction of sp³-hybridized carbons (Fsp3) is 0.308. The summed E-state index contributed by atoms with van der Waals surface area (Å²) in [7, 11) is 1.49. The van der Waals surface area contributed by atoms with Crippen LogP contribution >= 0.6 is 0 Å². The molecule has 0 saturated carbocycles. The second-order valence-electron chi connectivity index (χ2n) is 8.32. The lowest BCUT2D eigenvalue weighted by Gasteiger charge is -2.15. The van der Waals surface area contributed by atoms with E-state index in [9.17, 15) is 14.9 Å². The van der Waals surface area contributed by atoms with Gasteiger partial charge in [0.2, 0.25) is 0 Å². The van der Waals surface area contributed by atoms with Crippen LogP contribution in [0.5, 0.6) is 0 Å². The van der Waals surface area contributed by atoms with Crippen LogP contribution < -0.4 is 11.0 Å². The summed E-state index contributed by atoms with van der Waals surface area (Å²) in [6.07, 6.45) is 1.60. The van der Waals surface area contributed by atoms with Crippen LogP contribution in [0.4, 0.5) is 0 Å². The molecule has 0 saturated heterocycles. The van der Waals surface area contributed by atoms with E-state index in [1.165, 1.54) is 22.8 Å². The van der Waals surface area contributed by atoms with Gasteiger partial charge >= 0.3 is 0 Å². The number of hydrogen-bond acceptors (Lipinski definition) is 5. The van der Waals surface area contributed by atoms with E-state index in [0.29, 0.717) is 11.3 Å². The third-order valence-electron chi connectivity index (χ3n) is 5.83. The average molecular weight is 460 g/mol. The molecule has 0 fully saturated rings. The number of amides is 1. The molecule has 0 unspecified atom stereocenters. The number of rotatable bonds is 7. The van der Waals surface area contributed by atoms with Crippen LogP contribution in [-0.4, -0.2) is 28.4 Å². The zero-order valence-corrected chi connectivity index (χ0v) is 20.4. The van der Waals surface area contributed by atoms with Crippen LogP contribution in [0, 0.1) is 45.9 Å². The van der Waals surface area contributed by atoms with Gasteiger partial charge in [-0.2, -0.15) is 10.4 Å². The number of methoxy groups -OCH3 is 1. The van der Waals surface area contributed by atoms with E-state index in [4.69, 9.17) is 4.74 Å². The van der Waals surface area contributed by atoms with Gasteiger partial charge in [-0.3, -0.25) is 9.59 Å². The van der Waals surface area contributed by atoms with E-state index >= 15 is 0 Å². The van der Waals surface area contributed by atoms with Gasteiger partial charge in [0.05, 0.1) is 18.5 Å². The summed E-state index contributed by atoms with van der Waals surface area (Å²) in [4.78, 5) is 25.2. The number of hydrogen-bond donors (Lipinski definition) is 1. The molecule has 2 aromatic heterocycles. The lowest BCUT2D eigenvalue weighted by atomic mass is 10.1. The maximum Gasteiger partial charge on any atom is 0.269 e. The molecule has 1 N–H and O–H groups in total. The number of nitrogens with zero attached hydrogens (tertiary/aromatic N) is 4. The number of nitrogens with one attached hydrogen (secondary N) is 1. The highest BCUT2D eigenvalue weighted by Gasteiger charge is 2.16. The second kappa shape index (κ2) is 10.3. The summed E-state index contributed by atoms with van der Waals surface area (Å²) in [5.41, 5.74) is 9.43. The number of carbonyl (C=O) groups is 1. The van der Waals surface area contributed by atoms with E-state index in [0.717, 1.165) is 22.6 Å². The van der Waals surface area contributed by atoms with Gasteiger partial charge in [0.1, 0.15) is 18.2 Å². The van der Waals surface area contributed by atoms with Gasteiger partial charge in [0.15, 0.2) is 0 Å². The molecule has 1 amide bonds. The minimum atomic E-state index is -0.522. The van der Waals surface area contributed by atoms with E-state index in [2.05, 4.69) is 41.1 Å². The molecule has 3 aromatic rings. The first-order chi connectivity index (χ1) is 16.2. The van der Waals surface area contributed by atoms with Crippen molar-refractivity contribution in [2.45, 2.75) is 47.8 Å². The largest absolute Gasteiger partial charge is 0.380 e. The van der Waals surface area contributed by atoms with Crippen LogP contribution in [0.3, 0.4) is 0 Å². The van der Waals surface area contributed by atoms with Gasteiger partial charge in [0.25, 0.3) is 11.5 Å². The van der Waals surface area contributed by atoms with Crippen molar-refractivity contribution in [2.75, 3.05) is 7.11 Å². The van der Waals surface area contributed by atoms with Gasteiger partial charge in [-0.05, 0) is 57.9 Å². The number of ether oxygens (including phenoxy) is 1. The van der Waals surface area contributed by atoms with Gasteiger partial charge in [-0.25, -0.2) is 5.43 Å². The number of para-hydroxylation sites is 1. The summed E-state index contributed by atoms with van der Waals surface area (Å²) in [5.74, 6) is -0.464. The molecule has 3 rings (SSSR count). The Bertz CT molecular complexity index is 1350. The molecule has 1 aromatic carbocycles. The summed E-state index contributed by atoms with van der Waals surface area (Å²) in [5, 5.41) is 13.5. The Labute approximate surface area is 199 Å². The van der Waals surface area contributed by atoms with Crippen molar-refractivity contribution in [2.24, 2.45) is 5.10 Å². The predicted molar refractivity (Wildman–Crippen MR) is 131 cm³/mol. The maximum absolute atomic E-state index is 12.7. The highest BCUT2D eigenvalue weighted by Crippen LogP contribution is 2.25. The fourth-order valence-electron chi connectivity index (χ4n) is 4.19. The van der Waals surface area contributed by atoms with Gasteiger partial charge in [-0.15, -0.1) is 0 Å². The molecule has 0 spiro atoms. The standard InChI is InChI=1S/C26H29N5O3/c1-16-8-7-9-17(2)25(16)31-19(4)11-21(20(31)5)13-28-29-24(32)14-30-18(3)10-22(15-34-6)23(12-27)26(30)33/h7-11,13H,14-15H2,1-6H3,(H,29,32)/b28-13-. The van der Waals surface area contributed by atoms with Gasteiger partial charge in [-0.1, -0.05) is 18.2 Å². The number of nitriles is 1. The van der Waals surface area contributed by atoms with Crippen molar-refractivity contribution in [1.82, 2.24) is 14.6 Å². The number of aromatic nitrogens is 2. The molecule has 0 aliphatic rings. The number of hydrazone groups is 1. The monoisotopic (exact) mass is 459 g/mol. The molecule has 0 bridgehead atoms. The average Bonchev–Trinajstić information content (AvgIpc) is 3.05. The minimum absolute atomic E-state index is 0.0253. The van der Waals surface area contributed by atoms with Crippen LogP contribution in [0.25, 0.3) is 5.69 Å². The SMILES string of the molecule is COCc1cc(C)n(CC(=O)N/N=C\c2cc(C)n(-c3c(C)cccc3C)c2C)c(=O)c1C#N. The van der Waals surface area contributed by atoms with E-state index in [1.54, 1.807) is 19.2 Å². The van der Waals surface area contributed by atoms with Crippen molar-refractivity contribution in [3.8, 4) is 11.8 Å². The maximum atomic E-state index is 12.7. The number of benzene rings is 1. The summed E-state index contributed by atoms with van der Waals surface area (Å²) < 4.78 is 8.50. The zero-order chi connectivity index (χ0) is 25.0. The number of aryl methyl sites for hydroxylation is 4. The normalized spacial score (nSPS) is 11.1. The first kappa shape index (κ1) is 24.7. The first-order valence-electron chi connectivity index (χ1n) is 10.9. The molecular weight excluding hydrogens is 430 g/mol. The molecule has 176 valence electrons. The lowest BCUT2D eigenvalue weighted by Crippen LogP contribution is -2.33. The molecule has 34 heavy (non-hydrogen) atoms. The Morgan fingerprint density at radius 3 is 2.44 bits per heavy atom. The Balaban J connectivity index is 1.80. The number of pyridine rings is 1. The fourth-order valence-corrected chi connectivity index (χ4v) is 4.19. The highest BCUT2D eigenvalue weighted by atomic mass is 16.5. The van der Waals surface area contributed by atoms with Gasteiger partial charge in [0, 0.05) is 35.3 Å². The van der Waals surface area contributed by atoms with Crippen LogP contribution in [0.15, 0.2) is 40.2 Å². The third kappa shape index (κ3) is 4.85. The molecule has 0 radical (unpaired) electrons. The molecule has 0 aliphatic carbocycles. The Hall–Kier alpha value is -3.96. The Kier molecular flexibility index (Phi) is 7.49. The van der Waals surface area contributed by atoms with Crippen LogP contribution in [0.1, 0.15) is 44.9 Å². The summed E-state index contributed by atoms with van der Waals surface area (Å²) in [6, 6.07) is 11.8. The molecule has 8 nitrogen and oxygen atoms in total. The van der Waals surface area contributed by atoms with Crippen molar-refractivity contribution >= 4 is 12.1 Å². The van der Waals surface area contributed by atoms with Gasteiger partial charge < -0.3 is 13.9 Å². The Morgan fingerprint density at radius 1 is 1.15 bits per heavy atom. The summed E-state index contributed by atoms with van der Waals surface area (Å²) >= 11 is 0. The van der Waals surface area contributed by atoms with E-state index in [-0.39, 0.29) is 18.7 Å². The van der Waals surface area contributed by atoms with Crippen molar-refractivity contribution in [1.29, 1.82) is 5.26 Å². The molecule has 0 atom stereocenters.